The van der Waals surface area contributed by atoms with Crippen LogP contribution in [0.4, 0.5) is 4.39 Å². The molecule has 0 atom stereocenters. The summed E-state index contributed by atoms with van der Waals surface area (Å²) >= 11 is 3.29. The normalized spacial score (nSPS) is 10.4. The van der Waals surface area contributed by atoms with Crippen molar-refractivity contribution in [2.24, 2.45) is 0 Å². The van der Waals surface area contributed by atoms with Crippen LogP contribution in [0.5, 0.6) is 0 Å². The summed E-state index contributed by atoms with van der Waals surface area (Å²) in [6, 6.07) is 4.78. The van der Waals surface area contributed by atoms with Crippen molar-refractivity contribution in [1.82, 2.24) is 10.2 Å². The van der Waals surface area contributed by atoms with E-state index in [1.54, 1.807) is 17.0 Å². The molecule has 0 aliphatic carbocycles. The monoisotopic (exact) mass is 316 g/mol. The van der Waals surface area contributed by atoms with Gasteiger partial charge < -0.3 is 10.2 Å². The Morgan fingerprint density at radius 3 is 2.67 bits per heavy atom. The number of carbonyl (C=O) groups excluding carboxylic acids is 1. The number of hydrogen-bond donors (Lipinski definition) is 1. The highest BCUT2D eigenvalue weighted by molar-refractivity contribution is 9.10. The average Bonchev–Trinajstić information content (AvgIpc) is 2.35. The van der Waals surface area contributed by atoms with Gasteiger partial charge in [-0.25, -0.2) is 4.39 Å². The van der Waals surface area contributed by atoms with Crippen molar-refractivity contribution in [3.8, 4) is 0 Å². The molecule has 100 valence electrons. The predicted molar refractivity (Wildman–Crippen MR) is 73.7 cm³/mol. The first kappa shape index (κ1) is 15.1. The lowest BCUT2D eigenvalue weighted by atomic mass is 10.2. The fourth-order valence-electron chi connectivity index (χ4n) is 1.67. The second-order valence-corrected chi connectivity index (χ2v) is 4.82. The maximum Gasteiger partial charge on any atom is 0.236 e. The molecule has 1 aromatic carbocycles. The van der Waals surface area contributed by atoms with Crippen LogP contribution in [-0.2, 0) is 11.3 Å². The van der Waals surface area contributed by atoms with E-state index >= 15 is 0 Å². The number of amides is 1. The molecule has 5 heteroatoms. The van der Waals surface area contributed by atoms with Crippen LogP contribution in [0.2, 0.25) is 0 Å². The lowest BCUT2D eigenvalue weighted by Gasteiger charge is -2.18. The minimum atomic E-state index is -0.263. The lowest BCUT2D eigenvalue weighted by molar-refractivity contribution is -0.129. The molecule has 18 heavy (non-hydrogen) atoms. The second kappa shape index (κ2) is 7.48. The van der Waals surface area contributed by atoms with Crippen LogP contribution in [0, 0.1) is 5.82 Å². The molecule has 0 heterocycles. The summed E-state index contributed by atoms with van der Waals surface area (Å²) in [5.41, 5.74) is 0.553. The molecule has 0 saturated heterocycles. The van der Waals surface area contributed by atoms with Crippen LogP contribution in [0.15, 0.2) is 22.7 Å². The van der Waals surface area contributed by atoms with E-state index in [9.17, 15) is 9.18 Å². The third-order valence-electron chi connectivity index (χ3n) is 2.72. The number of halogens is 2. The zero-order valence-corrected chi connectivity index (χ0v) is 12.3. The molecule has 3 nitrogen and oxygen atoms in total. The fourth-order valence-corrected chi connectivity index (χ4v) is 2.08. The van der Waals surface area contributed by atoms with E-state index in [1.165, 1.54) is 6.07 Å². The van der Waals surface area contributed by atoms with Gasteiger partial charge in [0.05, 0.1) is 6.54 Å². The Labute approximate surface area is 115 Å². The highest BCUT2D eigenvalue weighted by Crippen LogP contribution is 2.15. The van der Waals surface area contributed by atoms with Crippen LogP contribution < -0.4 is 5.32 Å². The molecule has 1 aromatic rings. The van der Waals surface area contributed by atoms with Crippen molar-refractivity contribution in [3.63, 3.8) is 0 Å². The van der Waals surface area contributed by atoms with Gasteiger partial charge in [-0.1, -0.05) is 15.9 Å². The maximum absolute atomic E-state index is 13.4. The average molecular weight is 317 g/mol. The van der Waals surface area contributed by atoms with Gasteiger partial charge in [-0.3, -0.25) is 4.79 Å². The third kappa shape index (κ3) is 4.38. The zero-order chi connectivity index (χ0) is 13.5. The minimum Gasteiger partial charge on any atom is -0.342 e. The van der Waals surface area contributed by atoms with Gasteiger partial charge in [0.1, 0.15) is 5.82 Å². The first-order valence-electron chi connectivity index (χ1n) is 6.00. The number of carbonyl (C=O) groups is 1. The molecule has 0 radical (unpaired) electrons. The Kier molecular flexibility index (Phi) is 6.29. The molecule has 0 aliphatic heterocycles. The van der Waals surface area contributed by atoms with Gasteiger partial charge in [0.2, 0.25) is 5.91 Å². The van der Waals surface area contributed by atoms with E-state index in [2.05, 4.69) is 21.2 Å². The van der Waals surface area contributed by atoms with Gasteiger partial charge in [-0.05, 0) is 32.0 Å². The van der Waals surface area contributed by atoms with Crippen molar-refractivity contribution in [3.05, 3.63) is 34.1 Å². The van der Waals surface area contributed by atoms with E-state index in [4.69, 9.17) is 0 Å². The van der Waals surface area contributed by atoms with Crippen LogP contribution in [-0.4, -0.2) is 30.4 Å². The number of hydrogen-bond acceptors (Lipinski definition) is 2. The molecule has 0 fully saturated rings. The van der Waals surface area contributed by atoms with Gasteiger partial charge in [0, 0.05) is 29.7 Å². The second-order valence-electron chi connectivity index (χ2n) is 3.91. The quantitative estimate of drug-likeness (QED) is 0.874. The Balaban J connectivity index is 2.46. The number of likely N-dealkylation sites (N-methyl/N-ethyl adjacent to an activating group) is 1. The number of rotatable bonds is 6. The summed E-state index contributed by atoms with van der Waals surface area (Å²) in [6.45, 7) is 5.85. The summed E-state index contributed by atoms with van der Waals surface area (Å²) in [5.74, 6) is -0.226. The van der Waals surface area contributed by atoms with E-state index in [0.29, 0.717) is 25.2 Å². The van der Waals surface area contributed by atoms with Crippen molar-refractivity contribution >= 4 is 21.8 Å². The number of nitrogens with one attached hydrogen (secondary N) is 1. The topological polar surface area (TPSA) is 32.3 Å². The molecule has 0 aromatic heterocycles. The number of nitrogens with zero attached hydrogens (tertiary/aromatic N) is 1. The van der Waals surface area contributed by atoms with Crippen LogP contribution >= 0.6 is 15.9 Å². The Morgan fingerprint density at radius 1 is 1.39 bits per heavy atom. The SMILES string of the molecule is CCN(CC)C(=O)CNCc1cc(Br)ccc1F. The summed E-state index contributed by atoms with van der Waals surface area (Å²) in [4.78, 5) is 13.4. The van der Waals surface area contributed by atoms with Crippen LogP contribution in [0.3, 0.4) is 0 Å². The van der Waals surface area contributed by atoms with Gasteiger partial charge >= 0.3 is 0 Å². The highest BCUT2D eigenvalue weighted by atomic mass is 79.9. The van der Waals surface area contributed by atoms with Gasteiger partial charge in [-0.15, -0.1) is 0 Å². The van der Waals surface area contributed by atoms with Crippen molar-refractivity contribution in [1.29, 1.82) is 0 Å². The molecule has 0 spiro atoms. The van der Waals surface area contributed by atoms with Crippen molar-refractivity contribution in [2.45, 2.75) is 20.4 Å². The molecule has 0 bridgehead atoms. The highest BCUT2D eigenvalue weighted by Gasteiger charge is 2.09. The van der Waals surface area contributed by atoms with E-state index in [0.717, 1.165) is 4.47 Å². The first-order chi connectivity index (χ1) is 8.58. The van der Waals surface area contributed by atoms with E-state index < -0.39 is 0 Å². The minimum absolute atomic E-state index is 0.0374. The Hall–Kier alpha value is -0.940. The molecular weight excluding hydrogens is 299 g/mol. The molecule has 1 rings (SSSR count). The van der Waals surface area contributed by atoms with Crippen LogP contribution in [0.25, 0.3) is 0 Å². The first-order valence-corrected chi connectivity index (χ1v) is 6.80. The lowest BCUT2D eigenvalue weighted by Crippen LogP contribution is -2.37. The largest absolute Gasteiger partial charge is 0.342 e. The molecule has 1 N–H and O–H groups in total. The van der Waals surface area contributed by atoms with Crippen molar-refractivity contribution < 1.29 is 9.18 Å². The molecule has 1 amide bonds. The predicted octanol–water partition coefficient (Wildman–Crippen LogP) is 2.55. The third-order valence-corrected chi connectivity index (χ3v) is 3.21. The molecular formula is C13H18BrFN2O. The van der Waals surface area contributed by atoms with Gasteiger partial charge in [0.25, 0.3) is 0 Å². The van der Waals surface area contributed by atoms with Gasteiger partial charge in [-0.2, -0.15) is 0 Å². The van der Waals surface area contributed by atoms with Gasteiger partial charge in [0.15, 0.2) is 0 Å². The summed E-state index contributed by atoms with van der Waals surface area (Å²) in [6.07, 6.45) is 0. The summed E-state index contributed by atoms with van der Waals surface area (Å²) in [7, 11) is 0. The standard InChI is InChI=1S/C13H18BrFN2O/c1-3-17(4-2)13(18)9-16-8-10-7-11(14)5-6-12(10)15/h5-7,16H,3-4,8-9H2,1-2H3. The maximum atomic E-state index is 13.4. The zero-order valence-electron chi connectivity index (χ0n) is 10.7. The van der Waals surface area contributed by atoms with Crippen molar-refractivity contribution in [2.75, 3.05) is 19.6 Å². The Bertz CT molecular complexity index is 408. The summed E-state index contributed by atoms with van der Waals surface area (Å²) in [5, 5.41) is 2.97. The smallest absolute Gasteiger partial charge is 0.236 e. The molecule has 0 saturated carbocycles. The Morgan fingerprint density at radius 2 is 2.06 bits per heavy atom. The number of benzene rings is 1. The molecule has 0 unspecified atom stereocenters. The van der Waals surface area contributed by atoms with E-state index in [1.807, 2.05) is 13.8 Å². The van der Waals surface area contributed by atoms with E-state index in [-0.39, 0.29) is 18.3 Å². The summed E-state index contributed by atoms with van der Waals surface area (Å²) < 4.78 is 14.3. The van der Waals surface area contributed by atoms with Crippen LogP contribution in [0.1, 0.15) is 19.4 Å². The fraction of sp³-hybridized carbons (Fsp3) is 0.462. The molecule has 0 aliphatic rings.